The molecule has 1 amide bonds. The third-order valence-electron chi connectivity index (χ3n) is 4.83. The minimum atomic E-state index is -0.457. The van der Waals surface area contributed by atoms with Gasteiger partial charge in [0.2, 0.25) is 5.91 Å². The Kier molecular flexibility index (Phi) is 3.74. The first-order chi connectivity index (χ1) is 11.2. The van der Waals surface area contributed by atoms with E-state index in [0.29, 0.717) is 13.1 Å². The first-order valence-corrected chi connectivity index (χ1v) is 8.20. The predicted octanol–water partition coefficient (Wildman–Crippen LogP) is 0.0988. The van der Waals surface area contributed by atoms with Crippen LogP contribution in [0.15, 0.2) is 24.3 Å². The fourth-order valence-corrected chi connectivity index (χ4v) is 3.60. The number of likely N-dealkylation sites (tertiary alicyclic amines) is 2. The van der Waals surface area contributed by atoms with E-state index in [-0.39, 0.29) is 18.5 Å². The number of carbonyl (C=O) groups excluding carboxylic acids is 1. The predicted molar refractivity (Wildman–Crippen MR) is 84.7 cm³/mol. The number of carbonyl (C=O) groups is 1. The summed E-state index contributed by atoms with van der Waals surface area (Å²) in [6.45, 7) is 3.17. The van der Waals surface area contributed by atoms with E-state index in [4.69, 9.17) is 0 Å². The van der Waals surface area contributed by atoms with Gasteiger partial charge in [-0.3, -0.25) is 9.69 Å². The Morgan fingerprint density at radius 3 is 2.43 bits per heavy atom. The van der Waals surface area contributed by atoms with Crippen molar-refractivity contribution in [3.05, 3.63) is 24.3 Å². The lowest BCUT2D eigenvalue weighted by molar-refractivity contribution is -0.131. The van der Waals surface area contributed by atoms with Crippen molar-refractivity contribution >= 4 is 16.9 Å². The molecule has 0 bridgehead atoms. The maximum Gasteiger partial charge on any atom is 0.246 e. The van der Waals surface area contributed by atoms with Crippen LogP contribution in [0.5, 0.6) is 0 Å². The molecule has 1 aromatic carbocycles. The Hall–Kier alpha value is -1.99. The summed E-state index contributed by atoms with van der Waals surface area (Å²) in [6, 6.07) is 7.64. The van der Waals surface area contributed by atoms with Gasteiger partial charge in [-0.2, -0.15) is 15.0 Å². The van der Waals surface area contributed by atoms with Crippen LogP contribution in [0.1, 0.15) is 12.8 Å². The summed E-state index contributed by atoms with van der Waals surface area (Å²) in [7, 11) is 0. The lowest BCUT2D eigenvalue weighted by Crippen LogP contribution is -2.41. The van der Waals surface area contributed by atoms with E-state index in [1.807, 2.05) is 24.3 Å². The molecule has 1 N–H and O–H groups in total. The first kappa shape index (κ1) is 14.6. The molecule has 2 atom stereocenters. The van der Waals surface area contributed by atoms with Gasteiger partial charge in [-0.1, -0.05) is 12.1 Å². The SMILES string of the molecule is O=C(Cn1nc2ccccc2n1)N1C[C@@H](O)[C@H](N2CCCC2)C1. The summed E-state index contributed by atoms with van der Waals surface area (Å²) >= 11 is 0. The van der Waals surface area contributed by atoms with Crippen LogP contribution in [0, 0.1) is 0 Å². The van der Waals surface area contributed by atoms with Gasteiger partial charge < -0.3 is 10.0 Å². The van der Waals surface area contributed by atoms with E-state index in [1.165, 1.54) is 17.6 Å². The van der Waals surface area contributed by atoms with Gasteiger partial charge in [-0.25, -0.2) is 0 Å². The Labute approximate surface area is 134 Å². The van der Waals surface area contributed by atoms with Crippen LogP contribution >= 0.6 is 0 Å². The average Bonchev–Trinajstić information content (AvgIpc) is 3.24. The Morgan fingerprint density at radius 2 is 1.78 bits per heavy atom. The molecule has 7 heteroatoms. The van der Waals surface area contributed by atoms with Crippen LogP contribution in [0.4, 0.5) is 0 Å². The number of hydrogen-bond donors (Lipinski definition) is 1. The van der Waals surface area contributed by atoms with Gasteiger partial charge in [0, 0.05) is 13.1 Å². The molecule has 23 heavy (non-hydrogen) atoms. The topological polar surface area (TPSA) is 74.5 Å². The maximum atomic E-state index is 12.5. The Morgan fingerprint density at radius 1 is 1.13 bits per heavy atom. The summed E-state index contributed by atoms with van der Waals surface area (Å²) < 4.78 is 0. The number of hydrogen-bond acceptors (Lipinski definition) is 5. The van der Waals surface area contributed by atoms with Crippen molar-refractivity contribution in [1.82, 2.24) is 24.8 Å². The third-order valence-corrected chi connectivity index (χ3v) is 4.83. The lowest BCUT2D eigenvalue weighted by Gasteiger charge is -2.25. The van der Waals surface area contributed by atoms with Crippen LogP contribution in [-0.2, 0) is 11.3 Å². The molecule has 2 fully saturated rings. The van der Waals surface area contributed by atoms with Crippen molar-refractivity contribution in [1.29, 1.82) is 0 Å². The number of fused-ring (bicyclic) bond motifs is 1. The van der Waals surface area contributed by atoms with Gasteiger partial charge in [-0.05, 0) is 38.1 Å². The quantitative estimate of drug-likeness (QED) is 0.869. The van der Waals surface area contributed by atoms with Crippen LogP contribution in [0.2, 0.25) is 0 Å². The molecule has 0 saturated carbocycles. The zero-order valence-electron chi connectivity index (χ0n) is 13.0. The summed E-state index contributed by atoms with van der Waals surface area (Å²) in [5, 5.41) is 18.9. The first-order valence-electron chi connectivity index (χ1n) is 8.20. The number of aliphatic hydroxyl groups excluding tert-OH is 1. The van der Waals surface area contributed by atoms with Crippen LogP contribution < -0.4 is 0 Å². The summed E-state index contributed by atoms with van der Waals surface area (Å²) in [5.74, 6) is -0.0361. The van der Waals surface area contributed by atoms with E-state index in [1.54, 1.807) is 4.90 Å². The highest BCUT2D eigenvalue weighted by molar-refractivity contribution is 5.77. The monoisotopic (exact) mass is 315 g/mol. The second-order valence-corrected chi connectivity index (χ2v) is 6.40. The van der Waals surface area contributed by atoms with Gasteiger partial charge in [0.05, 0.1) is 12.1 Å². The normalized spacial score (nSPS) is 25.5. The minimum Gasteiger partial charge on any atom is -0.390 e. The lowest BCUT2D eigenvalue weighted by atomic mass is 10.2. The van der Waals surface area contributed by atoms with Gasteiger partial charge in [0.25, 0.3) is 0 Å². The molecule has 2 aliphatic heterocycles. The number of amides is 1. The molecule has 3 heterocycles. The number of β-amino-alcohol motifs (C(OH)–C–C–N with tert-alkyl or cyclic N) is 1. The van der Waals surface area contributed by atoms with Crippen LogP contribution in [0.3, 0.4) is 0 Å². The van der Waals surface area contributed by atoms with Crippen molar-refractivity contribution in [2.75, 3.05) is 26.2 Å². The van der Waals surface area contributed by atoms with Crippen molar-refractivity contribution in [3.63, 3.8) is 0 Å². The fourth-order valence-electron chi connectivity index (χ4n) is 3.60. The molecule has 0 aliphatic carbocycles. The number of nitrogens with zero attached hydrogens (tertiary/aromatic N) is 5. The molecule has 122 valence electrons. The van der Waals surface area contributed by atoms with Crippen LogP contribution in [-0.4, -0.2) is 74.1 Å². The van der Waals surface area contributed by atoms with E-state index >= 15 is 0 Å². The number of benzene rings is 1. The molecule has 0 radical (unpaired) electrons. The van der Waals surface area contributed by atoms with Crippen molar-refractivity contribution in [2.45, 2.75) is 31.5 Å². The molecule has 2 aliphatic rings. The second-order valence-electron chi connectivity index (χ2n) is 6.40. The second kappa shape index (κ2) is 5.90. The van der Waals surface area contributed by atoms with E-state index in [9.17, 15) is 9.90 Å². The molecule has 2 saturated heterocycles. The van der Waals surface area contributed by atoms with Crippen molar-refractivity contribution in [3.8, 4) is 0 Å². The Bertz CT molecular complexity index is 676. The van der Waals surface area contributed by atoms with Gasteiger partial charge in [0.1, 0.15) is 17.6 Å². The zero-order chi connectivity index (χ0) is 15.8. The minimum absolute atomic E-state index is 0.0361. The van der Waals surface area contributed by atoms with E-state index in [2.05, 4.69) is 15.1 Å². The summed E-state index contributed by atoms with van der Waals surface area (Å²) in [4.78, 5) is 18.0. The number of aliphatic hydroxyl groups is 1. The molecule has 0 spiro atoms. The molecule has 7 nitrogen and oxygen atoms in total. The highest BCUT2D eigenvalue weighted by atomic mass is 16.3. The van der Waals surface area contributed by atoms with Crippen LogP contribution in [0.25, 0.3) is 11.0 Å². The van der Waals surface area contributed by atoms with Crippen molar-refractivity contribution in [2.24, 2.45) is 0 Å². The van der Waals surface area contributed by atoms with Gasteiger partial charge in [-0.15, -0.1) is 0 Å². The molecule has 0 unspecified atom stereocenters. The molecule has 2 aromatic rings. The molecular weight excluding hydrogens is 294 g/mol. The van der Waals surface area contributed by atoms with E-state index in [0.717, 1.165) is 24.1 Å². The van der Waals surface area contributed by atoms with Gasteiger partial charge >= 0.3 is 0 Å². The third kappa shape index (κ3) is 2.82. The number of rotatable bonds is 3. The Balaban J connectivity index is 1.42. The fraction of sp³-hybridized carbons (Fsp3) is 0.562. The molecule has 1 aromatic heterocycles. The maximum absolute atomic E-state index is 12.5. The van der Waals surface area contributed by atoms with Crippen molar-refractivity contribution < 1.29 is 9.90 Å². The molecule has 4 rings (SSSR count). The van der Waals surface area contributed by atoms with Gasteiger partial charge in [0.15, 0.2) is 0 Å². The summed E-state index contributed by atoms with van der Waals surface area (Å²) in [6.07, 6.45) is 1.91. The highest BCUT2D eigenvalue weighted by Crippen LogP contribution is 2.21. The largest absolute Gasteiger partial charge is 0.390 e. The average molecular weight is 315 g/mol. The summed E-state index contributed by atoms with van der Waals surface area (Å²) in [5.41, 5.74) is 1.58. The van der Waals surface area contributed by atoms with E-state index < -0.39 is 6.10 Å². The molecular formula is C16H21N5O2. The zero-order valence-corrected chi connectivity index (χ0v) is 13.0. The standard InChI is InChI=1S/C16H21N5O2/c22-15-10-20(9-14(15)19-7-3-4-8-19)16(23)11-21-17-12-5-1-2-6-13(12)18-21/h1-2,5-6,14-15,22H,3-4,7-11H2/t14-,15-/m1/s1. The number of aromatic nitrogens is 3. The smallest absolute Gasteiger partial charge is 0.246 e. The highest BCUT2D eigenvalue weighted by Gasteiger charge is 2.38.